The van der Waals surface area contributed by atoms with Crippen molar-refractivity contribution in [2.24, 2.45) is 5.73 Å². The van der Waals surface area contributed by atoms with Gasteiger partial charge in [0, 0.05) is 5.70 Å². The van der Waals surface area contributed by atoms with Crippen LogP contribution in [0, 0.1) is 0 Å². The monoisotopic (exact) mass is 149 g/mol. The average Bonchev–Trinajstić information content (AvgIpc) is 2.04. The van der Waals surface area contributed by atoms with Crippen LogP contribution in [0.25, 0.3) is 0 Å². The Balaban J connectivity index is 2.25. The Labute approximate surface area is 68.0 Å². The Morgan fingerprint density at radius 3 is 2.73 bits per heavy atom. The van der Waals surface area contributed by atoms with E-state index in [0.717, 1.165) is 12.1 Å². The van der Waals surface area contributed by atoms with E-state index in [2.05, 4.69) is 6.08 Å². The molecule has 0 fully saturated rings. The van der Waals surface area contributed by atoms with E-state index in [9.17, 15) is 0 Å². The summed E-state index contributed by atoms with van der Waals surface area (Å²) in [5.74, 6) is 0. The maximum atomic E-state index is 5.77. The van der Waals surface area contributed by atoms with E-state index >= 15 is 0 Å². The van der Waals surface area contributed by atoms with Gasteiger partial charge in [-0.3, -0.25) is 0 Å². The highest BCUT2D eigenvalue weighted by Crippen LogP contribution is 2.32. The third kappa shape index (κ3) is 1.32. The van der Waals surface area contributed by atoms with Crippen molar-refractivity contribution >= 4 is 0 Å². The average molecular weight is 149 g/mol. The molecule has 0 saturated heterocycles. The van der Waals surface area contributed by atoms with Crippen molar-refractivity contribution < 1.29 is 0 Å². The number of nitrogens with two attached hydrogens (primary N) is 1. The topological polar surface area (TPSA) is 26.0 Å². The van der Waals surface area contributed by atoms with Crippen molar-refractivity contribution in [3.05, 3.63) is 22.9 Å². The molecule has 0 atom stereocenters. The highest BCUT2D eigenvalue weighted by Gasteiger charge is 2.14. The summed E-state index contributed by atoms with van der Waals surface area (Å²) < 4.78 is 0. The van der Waals surface area contributed by atoms with E-state index in [1.165, 1.54) is 32.1 Å². The van der Waals surface area contributed by atoms with Crippen molar-refractivity contribution in [1.82, 2.24) is 0 Å². The van der Waals surface area contributed by atoms with Crippen LogP contribution >= 0.6 is 0 Å². The lowest BCUT2D eigenvalue weighted by molar-refractivity contribution is 0.643. The highest BCUT2D eigenvalue weighted by atomic mass is 14.6. The molecule has 0 unspecified atom stereocenters. The summed E-state index contributed by atoms with van der Waals surface area (Å²) in [5, 5.41) is 0. The number of allylic oxidation sites excluding steroid dienone is 4. The van der Waals surface area contributed by atoms with Crippen molar-refractivity contribution in [3.8, 4) is 0 Å². The largest absolute Gasteiger partial charge is 0.402 e. The Kier molecular flexibility index (Phi) is 1.72. The van der Waals surface area contributed by atoms with Gasteiger partial charge in [0.2, 0.25) is 0 Å². The molecule has 2 aliphatic rings. The first-order valence-corrected chi connectivity index (χ1v) is 4.53. The molecule has 0 spiro atoms. The molecule has 0 aliphatic heterocycles. The lowest BCUT2D eigenvalue weighted by Gasteiger charge is -2.22. The molecule has 1 heteroatoms. The van der Waals surface area contributed by atoms with Crippen molar-refractivity contribution in [2.75, 3.05) is 0 Å². The van der Waals surface area contributed by atoms with Crippen LogP contribution in [0.4, 0.5) is 0 Å². The van der Waals surface area contributed by atoms with Crippen LogP contribution in [0.2, 0.25) is 0 Å². The number of hydrogen-bond donors (Lipinski definition) is 1. The molecule has 60 valence electrons. The Hall–Kier alpha value is -0.720. The second-order valence-electron chi connectivity index (χ2n) is 3.56. The number of hydrogen-bond acceptors (Lipinski definition) is 1. The predicted molar refractivity (Wildman–Crippen MR) is 47.0 cm³/mol. The maximum Gasteiger partial charge on any atom is 0.00864 e. The molecule has 1 nitrogen and oxygen atoms in total. The molecular formula is C10H15N. The van der Waals surface area contributed by atoms with E-state index in [1.54, 1.807) is 11.1 Å². The molecular weight excluding hydrogens is 134 g/mol. The van der Waals surface area contributed by atoms with Gasteiger partial charge in [-0.05, 0) is 50.2 Å². The molecule has 2 rings (SSSR count). The standard InChI is InChI=1S/C10H15N/c11-10-6-5-8-3-1-2-4-9(8)7-10/h7H,1-6,11H2. The first kappa shape index (κ1) is 6.96. The maximum absolute atomic E-state index is 5.77. The minimum absolute atomic E-state index is 1.09. The summed E-state index contributed by atoms with van der Waals surface area (Å²) in [5.41, 5.74) is 10.1. The van der Waals surface area contributed by atoms with Gasteiger partial charge in [0.25, 0.3) is 0 Å². The molecule has 0 radical (unpaired) electrons. The minimum atomic E-state index is 1.09. The van der Waals surface area contributed by atoms with E-state index < -0.39 is 0 Å². The van der Waals surface area contributed by atoms with Crippen LogP contribution in [0.5, 0.6) is 0 Å². The lowest BCUT2D eigenvalue weighted by Crippen LogP contribution is -2.08. The van der Waals surface area contributed by atoms with E-state index in [-0.39, 0.29) is 0 Å². The third-order valence-corrected chi connectivity index (χ3v) is 2.70. The molecule has 2 aliphatic carbocycles. The Morgan fingerprint density at radius 1 is 1.00 bits per heavy atom. The molecule has 2 N–H and O–H groups in total. The van der Waals surface area contributed by atoms with Gasteiger partial charge >= 0.3 is 0 Å². The third-order valence-electron chi connectivity index (χ3n) is 2.70. The zero-order chi connectivity index (χ0) is 7.68. The summed E-state index contributed by atoms with van der Waals surface area (Å²) in [4.78, 5) is 0. The second-order valence-corrected chi connectivity index (χ2v) is 3.56. The van der Waals surface area contributed by atoms with Crippen LogP contribution < -0.4 is 5.73 Å². The fraction of sp³-hybridized carbons (Fsp3) is 0.600. The number of rotatable bonds is 0. The van der Waals surface area contributed by atoms with Gasteiger partial charge in [0.15, 0.2) is 0 Å². The van der Waals surface area contributed by atoms with Gasteiger partial charge < -0.3 is 5.73 Å². The predicted octanol–water partition coefficient (Wildman–Crippen LogP) is 2.49. The summed E-state index contributed by atoms with van der Waals surface area (Å²) >= 11 is 0. The second kappa shape index (κ2) is 2.72. The fourth-order valence-corrected chi connectivity index (χ4v) is 2.04. The SMILES string of the molecule is NC1=CC2=C(CCCC2)CC1. The van der Waals surface area contributed by atoms with Gasteiger partial charge in [-0.15, -0.1) is 0 Å². The summed E-state index contributed by atoms with van der Waals surface area (Å²) in [7, 11) is 0. The minimum Gasteiger partial charge on any atom is -0.402 e. The van der Waals surface area contributed by atoms with Crippen LogP contribution in [-0.4, -0.2) is 0 Å². The first-order valence-electron chi connectivity index (χ1n) is 4.53. The van der Waals surface area contributed by atoms with E-state index in [0.29, 0.717) is 0 Å². The highest BCUT2D eigenvalue weighted by molar-refractivity contribution is 5.33. The summed E-state index contributed by atoms with van der Waals surface area (Å²) in [6, 6.07) is 0. The smallest absolute Gasteiger partial charge is 0.00864 e. The van der Waals surface area contributed by atoms with Crippen molar-refractivity contribution in [2.45, 2.75) is 38.5 Å². The Bertz CT molecular complexity index is 223. The molecule has 0 saturated carbocycles. The van der Waals surface area contributed by atoms with Crippen LogP contribution in [-0.2, 0) is 0 Å². The molecule has 0 aromatic heterocycles. The van der Waals surface area contributed by atoms with Crippen molar-refractivity contribution in [3.63, 3.8) is 0 Å². The van der Waals surface area contributed by atoms with Gasteiger partial charge in [0.1, 0.15) is 0 Å². The van der Waals surface area contributed by atoms with Gasteiger partial charge in [-0.2, -0.15) is 0 Å². The molecule has 0 heterocycles. The normalized spacial score (nSPS) is 24.5. The van der Waals surface area contributed by atoms with Crippen molar-refractivity contribution in [1.29, 1.82) is 0 Å². The quantitative estimate of drug-likeness (QED) is 0.562. The van der Waals surface area contributed by atoms with Gasteiger partial charge in [-0.1, -0.05) is 5.57 Å². The zero-order valence-corrected chi connectivity index (χ0v) is 6.90. The van der Waals surface area contributed by atoms with Crippen LogP contribution in [0.15, 0.2) is 22.9 Å². The lowest BCUT2D eigenvalue weighted by atomic mass is 9.85. The Morgan fingerprint density at radius 2 is 1.82 bits per heavy atom. The van der Waals surface area contributed by atoms with Gasteiger partial charge in [-0.25, -0.2) is 0 Å². The molecule has 0 aromatic rings. The molecule has 0 amide bonds. The molecule has 0 bridgehead atoms. The van der Waals surface area contributed by atoms with E-state index in [4.69, 9.17) is 5.73 Å². The fourth-order valence-electron chi connectivity index (χ4n) is 2.04. The molecule has 11 heavy (non-hydrogen) atoms. The van der Waals surface area contributed by atoms with Gasteiger partial charge in [0.05, 0.1) is 0 Å². The first-order chi connectivity index (χ1) is 5.36. The van der Waals surface area contributed by atoms with Crippen LogP contribution in [0.3, 0.4) is 0 Å². The summed E-state index contributed by atoms with van der Waals surface area (Å²) in [6.45, 7) is 0. The molecule has 0 aromatic carbocycles. The zero-order valence-electron chi connectivity index (χ0n) is 6.90. The summed E-state index contributed by atoms with van der Waals surface area (Å²) in [6.07, 6.45) is 9.90. The van der Waals surface area contributed by atoms with Crippen LogP contribution in [0.1, 0.15) is 38.5 Å². The van der Waals surface area contributed by atoms with E-state index in [1.807, 2.05) is 0 Å².